The summed E-state index contributed by atoms with van der Waals surface area (Å²) >= 11 is 1.66. The predicted octanol–water partition coefficient (Wildman–Crippen LogP) is 4.33. The van der Waals surface area contributed by atoms with Crippen LogP contribution >= 0.6 is 11.3 Å². The van der Waals surface area contributed by atoms with E-state index in [1.807, 2.05) is 12.1 Å². The van der Waals surface area contributed by atoms with Crippen molar-refractivity contribution in [2.75, 3.05) is 19.5 Å². The molecule has 24 heavy (non-hydrogen) atoms. The maximum Gasteiger partial charge on any atom is 0.162 e. The third-order valence-corrected chi connectivity index (χ3v) is 5.48. The first-order valence-corrected chi connectivity index (χ1v) is 8.98. The van der Waals surface area contributed by atoms with Gasteiger partial charge in [0.05, 0.1) is 14.2 Å². The molecule has 2 heterocycles. The number of methoxy groups -OCH3 is 2. The van der Waals surface area contributed by atoms with E-state index in [2.05, 4.69) is 22.1 Å². The van der Waals surface area contributed by atoms with Crippen molar-refractivity contribution in [3.63, 3.8) is 0 Å². The molecule has 2 aromatic rings. The first-order chi connectivity index (χ1) is 11.7. The Kier molecular flexibility index (Phi) is 3.81. The lowest BCUT2D eigenvalue weighted by molar-refractivity contribution is -0.116. The van der Waals surface area contributed by atoms with E-state index in [9.17, 15) is 4.79 Å². The predicted molar refractivity (Wildman–Crippen MR) is 95.2 cm³/mol. The standard InChI is InChI=1S/C19H19NO3S/c1-22-16-8-12-14(9-17(16)23-2)20-13-4-3-5-15(21)19(13)18(12)11-6-7-24-10-11/h6-10,18,20H,3-5H2,1-2H3/t18-/m1/s1. The van der Waals surface area contributed by atoms with Gasteiger partial charge in [0.2, 0.25) is 0 Å². The van der Waals surface area contributed by atoms with Crippen molar-refractivity contribution >= 4 is 22.8 Å². The SMILES string of the molecule is COc1cc2c(cc1OC)[C@@H](c1ccsc1)C1=C(CCCC1=O)N2. The Morgan fingerprint density at radius 2 is 1.96 bits per heavy atom. The molecular weight excluding hydrogens is 322 g/mol. The highest BCUT2D eigenvalue weighted by Gasteiger charge is 2.36. The van der Waals surface area contributed by atoms with E-state index >= 15 is 0 Å². The monoisotopic (exact) mass is 341 g/mol. The Labute approximate surface area is 145 Å². The lowest BCUT2D eigenvalue weighted by atomic mass is 9.76. The summed E-state index contributed by atoms with van der Waals surface area (Å²) < 4.78 is 10.9. The molecule has 0 saturated carbocycles. The largest absolute Gasteiger partial charge is 0.493 e. The van der Waals surface area contributed by atoms with Crippen molar-refractivity contribution in [2.45, 2.75) is 25.2 Å². The van der Waals surface area contributed by atoms with Gasteiger partial charge in [-0.2, -0.15) is 11.3 Å². The third kappa shape index (κ3) is 2.31. The van der Waals surface area contributed by atoms with Gasteiger partial charge < -0.3 is 14.8 Å². The molecule has 4 nitrogen and oxygen atoms in total. The van der Waals surface area contributed by atoms with Crippen LogP contribution in [0.25, 0.3) is 0 Å². The number of hydrogen-bond donors (Lipinski definition) is 1. The molecule has 1 N–H and O–H groups in total. The van der Waals surface area contributed by atoms with Gasteiger partial charge in [0.25, 0.3) is 0 Å². The second-order valence-corrected chi connectivity index (χ2v) is 6.86. The molecule has 5 heteroatoms. The van der Waals surface area contributed by atoms with Crippen LogP contribution in [-0.2, 0) is 4.79 Å². The summed E-state index contributed by atoms with van der Waals surface area (Å²) in [5, 5.41) is 7.66. The number of carbonyl (C=O) groups excluding carboxylic acids is 1. The molecule has 0 saturated heterocycles. The molecule has 0 bridgehead atoms. The molecule has 0 spiro atoms. The van der Waals surface area contributed by atoms with Crippen LogP contribution in [0.1, 0.15) is 36.3 Å². The third-order valence-electron chi connectivity index (χ3n) is 4.77. The molecule has 2 aliphatic rings. The lowest BCUT2D eigenvalue weighted by Gasteiger charge is -2.34. The van der Waals surface area contributed by atoms with Gasteiger partial charge in [-0.05, 0) is 46.9 Å². The van der Waals surface area contributed by atoms with Crippen molar-refractivity contribution in [1.29, 1.82) is 0 Å². The number of thiophene rings is 1. The number of nitrogens with one attached hydrogen (secondary N) is 1. The second-order valence-electron chi connectivity index (χ2n) is 6.08. The quantitative estimate of drug-likeness (QED) is 0.903. The number of Topliss-reactive ketones (excluding diaryl/α,β-unsaturated/α-hetero) is 1. The fraction of sp³-hybridized carbons (Fsp3) is 0.316. The van der Waals surface area contributed by atoms with Crippen molar-refractivity contribution in [2.24, 2.45) is 0 Å². The number of benzene rings is 1. The molecule has 0 fully saturated rings. The van der Waals surface area contributed by atoms with E-state index in [1.165, 1.54) is 0 Å². The van der Waals surface area contributed by atoms with E-state index in [-0.39, 0.29) is 11.7 Å². The summed E-state index contributed by atoms with van der Waals surface area (Å²) in [6.07, 6.45) is 2.45. The molecule has 4 rings (SSSR count). The minimum absolute atomic E-state index is 0.0323. The Balaban J connectivity index is 1.94. The van der Waals surface area contributed by atoms with Crippen molar-refractivity contribution in [3.8, 4) is 11.5 Å². The number of hydrogen-bond acceptors (Lipinski definition) is 5. The average Bonchev–Trinajstić information content (AvgIpc) is 3.13. The van der Waals surface area contributed by atoms with Crippen LogP contribution in [0.4, 0.5) is 5.69 Å². The first kappa shape index (κ1) is 15.3. The molecule has 1 aliphatic carbocycles. The van der Waals surface area contributed by atoms with Gasteiger partial charge in [0.1, 0.15) is 0 Å². The molecule has 1 aromatic heterocycles. The molecule has 0 unspecified atom stereocenters. The van der Waals surface area contributed by atoms with Gasteiger partial charge in [0, 0.05) is 35.4 Å². The first-order valence-electron chi connectivity index (χ1n) is 8.04. The van der Waals surface area contributed by atoms with Gasteiger partial charge in [0.15, 0.2) is 17.3 Å². The highest BCUT2D eigenvalue weighted by molar-refractivity contribution is 7.08. The number of ether oxygens (including phenoxy) is 2. The fourth-order valence-electron chi connectivity index (χ4n) is 3.67. The zero-order chi connectivity index (χ0) is 16.7. The Morgan fingerprint density at radius 1 is 1.17 bits per heavy atom. The number of rotatable bonds is 3. The number of fused-ring (bicyclic) bond motifs is 1. The number of ketones is 1. The number of carbonyl (C=O) groups is 1. The Bertz CT molecular complexity index is 823. The Morgan fingerprint density at radius 3 is 2.67 bits per heavy atom. The van der Waals surface area contributed by atoms with Crippen LogP contribution in [0, 0.1) is 0 Å². The van der Waals surface area contributed by atoms with Gasteiger partial charge >= 0.3 is 0 Å². The lowest BCUT2D eigenvalue weighted by Crippen LogP contribution is -2.26. The summed E-state index contributed by atoms with van der Waals surface area (Å²) in [5.74, 6) is 1.60. The average molecular weight is 341 g/mol. The van der Waals surface area contributed by atoms with Gasteiger partial charge in [-0.3, -0.25) is 4.79 Å². The number of anilines is 1. The van der Waals surface area contributed by atoms with E-state index < -0.39 is 0 Å². The van der Waals surface area contributed by atoms with Crippen molar-refractivity contribution in [1.82, 2.24) is 0 Å². The maximum atomic E-state index is 12.7. The molecule has 1 aliphatic heterocycles. The molecule has 124 valence electrons. The zero-order valence-corrected chi connectivity index (χ0v) is 14.5. The molecule has 0 radical (unpaired) electrons. The fourth-order valence-corrected chi connectivity index (χ4v) is 4.36. The molecular formula is C19H19NO3S. The normalized spacial score (nSPS) is 19.4. The molecule has 0 amide bonds. The van der Waals surface area contributed by atoms with E-state index in [0.717, 1.165) is 40.9 Å². The van der Waals surface area contributed by atoms with E-state index in [4.69, 9.17) is 9.47 Å². The topological polar surface area (TPSA) is 47.6 Å². The smallest absolute Gasteiger partial charge is 0.162 e. The minimum Gasteiger partial charge on any atom is -0.493 e. The summed E-state index contributed by atoms with van der Waals surface area (Å²) in [4.78, 5) is 12.7. The van der Waals surface area contributed by atoms with Crippen LogP contribution in [-0.4, -0.2) is 20.0 Å². The summed E-state index contributed by atoms with van der Waals surface area (Å²) in [6.45, 7) is 0. The highest BCUT2D eigenvalue weighted by Crippen LogP contribution is 2.48. The maximum absolute atomic E-state index is 12.7. The second kappa shape index (κ2) is 5.98. The van der Waals surface area contributed by atoms with Gasteiger partial charge in [-0.15, -0.1) is 0 Å². The van der Waals surface area contributed by atoms with Crippen LogP contribution in [0.15, 0.2) is 40.2 Å². The minimum atomic E-state index is -0.0323. The van der Waals surface area contributed by atoms with Crippen LogP contribution in [0.2, 0.25) is 0 Å². The summed E-state index contributed by atoms with van der Waals surface area (Å²) in [7, 11) is 3.27. The summed E-state index contributed by atoms with van der Waals surface area (Å²) in [6, 6.07) is 6.07. The van der Waals surface area contributed by atoms with Crippen LogP contribution < -0.4 is 14.8 Å². The molecule has 1 atom stereocenters. The van der Waals surface area contributed by atoms with Crippen molar-refractivity contribution in [3.05, 3.63) is 51.4 Å². The van der Waals surface area contributed by atoms with E-state index in [1.54, 1.807) is 25.6 Å². The van der Waals surface area contributed by atoms with E-state index in [0.29, 0.717) is 17.9 Å². The molecule has 1 aromatic carbocycles. The van der Waals surface area contributed by atoms with Crippen LogP contribution in [0.3, 0.4) is 0 Å². The van der Waals surface area contributed by atoms with Gasteiger partial charge in [-0.25, -0.2) is 0 Å². The highest BCUT2D eigenvalue weighted by atomic mass is 32.1. The van der Waals surface area contributed by atoms with Crippen molar-refractivity contribution < 1.29 is 14.3 Å². The number of allylic oxidation sites excluding steroid dienone is 2. The Hall–Kier alpha value is -2.27. The van der Waals surface area contributed by atoms with Crippen LogP contribution in [0.5, 0.6) is 11.5 Å². The zero-order valence-electron chi connectivity index (χ0n) is 13.7. The summed E-state index contributed by atoms with van der Waals surface area (Å²) in [5.41, 5.74) is 5.21. The van der Waals surface area contributed by atoms with Gasteiger partial charge in [-0.1, -0.05) is 0 Å².